The Morgan fingerprint density at radius 3 is 2.23 bits per heavy atom. The molecule has 0 fully saturated rings. The van der Waals surface area contributed by atoms with Gasteiger partial charge in [-0.1, -0.05) is 66.2 Å². The highest BCUT2D eigenvalue weighted by molar-refractivity contribution is 6.33. The standard InChI is InChI=1S/C34H22ClF5N4O3/c35-25-13-18(17-41)8-10-23(25)24-11-9-20(22-7-4-12-42-30(22)24)14-28(33(46)47)44-32(45)29-26(36)15-21(16-27(29)37)43-31(34(38,39)40)19-5-2-1-3-6-19/h1-13,15-16,28,31,43H,14H2,(H,44,45)(H,46,47)/t28?,31-/m1/s1. The number of fused-ring (bicyclic) bond motifs is 1. The fourth-order valence-corrected chi connectivity index (χ4v) is 5.40. The molecule has 3 N–H and O–H groups in total. The fraction of sp³-hybridized carbons (Fsp3) is 0.118. The summed E-state index contributed by atoms with van der Waals surface area (Å²) in [5, 5.41) is 24.0. The van der Waals surface area contributed by atoms with Crippen LogP contribution in [0.2, 0.25) is 5.02 Å². The highest BCUT2D eigenvalue weighted by atomic mass is 35.5. The number of aliphatic carboxylic acids is 1. The molecular formula is C34H22ClF5N4O3. The van der Waals surface area contributed by atoms with Crippen LogP contribution in [0.25, 0.3) is 22.0 Å². The first-order chi connectivity index (χ1) is 22.4. The summed E-state index contributed by atoms with van der Waals surface area (Å²) in [5.74, 6) is -5.93. The molecule has 0 radical (unpaired) electrons. The van der Waals surface area contributed by atoms with Crippen LogP contribution in [-0.4, -0.2) is 34.2 Å². The van der Waals surface area contributed by atoms with Gasteiger partial charge in [0.05, 0.1) is 17.1 Å². The number of rotatable bonds is 9. The van der Waals surface area contributed by atoms with E-state index in [4.69, 9.17) is 16.9 Å². The number of carbonyl (C=O) groups excluding carboxylic acids is 1. The minimum Gasteiger partial charge on any atom is -0.480 e. The Morgan fingerprint density at radius 1 is 0.936 bits per heavy atom. The van der Waals surface area contributed by atoms with Crippen molar-refractivity contribution >= 4 is 40.1 Å². The second-order valence-electron chi connectivity index (χ2n) is 10.4. The average Bonchev–Trinajstić information content (AvgIpc) is 3.03. The third kappa shape index (κ3) is 7.15. The maximum atomic E-state index is 15.1. The van der Waals surface area contributed by atoms with E-state index in [1.54, 1.807) is 36.4 Å². The number of pyridine rings is 1. The van der Waals surface area contributed by atoms with Gasteiger partial charge in [0.25, 0.3) is 5.91 Å². The third-order valence-corrected chi connectivity index (χ3v) is 7.63. The highest BCUT2D eigenvalue weighted by Gasteiger charge is 2.41. The Hall–Kier alpha value is -5.54. The monoisotopic (exact) mass is 664 g/mol. The smallest absolute Gasteiger partial charge is 0.412 e. The van der Waals surface area contributed by atoms with Crippen LogP contribution in [0, 0.1) is 23.0 Å². The van der Waals surface area contributed by atoms with Gasteiger partial charge in [0.1, 0.15) is 29.3 Å². The number of carboxylic acids is 1. The Labute approximate surface area is 269 Å². The summed E-state index contributed by atoms with van der Waals surface area (Å²) < 4.78 is 71.4. The van der Waals surface area contributed by atoms with E-state index >= 15 is 8.78 Å². The quantitative estimate of drug-likeness (QED) is 0.138. The van der Waals surface area contributed by atoms with Gasteiger partial charge in [-0.25, -0.2) is 13.6 Å². The molecule has 1 aromatic heterocycles. The molecule has 7 nitrogen and oxygen atoms in total. The number of carbonyl (C=O) groups is 2. The van der Waals surface area contributed by atoms with Crippen molar-refractivity contribution in [2.45, 2.75) is 24.7 Å². The van der Waals surface area contributed by atoms with Crippen molar-refractivity contribution in [3.05, 3.63) is 130 Å². The largest absolute Gasteiger partial charge is 0.480 e. The SMILES string of the molecule is N#Cc1ccc(-c2ccc(CC(NC(=O)c3c(F)cc(N[C@H](c4ccccc4)C(F)(F)F)cc3F)C(=O)O)c3cccnc23)c(Cl)c1. The zero-order valence-corrected chi connectivity index (χ0v) is 24.7. The summed E-state index contributed by atoms with van der Waals surface area (Å²) in [5.41, 5.74) is 0.424. The molecule has 1 unspecified atom stereocenters. The van der Waals surface area contributed by atoms with Crippen LogP contribution < -0.4 is 10.6 Å². The first-order valence-corrected chi connectivity index (χ1v) is 14.2. The number of nitrogens with zero attached hydrogens (tertiary/aromatic N) is 2. The molecule has 0 bridgehead atoms. The first kappa shape index (κ1) is 32.8. The number of aromatic nitrogens is 1. The van der Waals surface area contributed by atoms with Gasteiger partial charge in [0.15, 0.2) is 0 Å². The number of amides is 1. The summed E-state index contributed by atoms with van der Waals surface area (Å²) in [4.78, 5) is 29.6. The van der Waals surface area contributed by atoms with Crippen LogP contribution >= 0.6 is 11.6 Å². The van der Waals surface area contributed by atoms with Crippen molar-refractivity contribution in [3.8, 4) is 17.2 Å². The molecule has 5 aromatic rings. The second-order valence-corrected chi connectivity index (χ2v) is 10.8. The lowest BCUT2D eigenvalue weighted by Gasteiger charge is -2.23. The fourth-order valence-electron chi connectivity index (χ4n) is 5.12. The van der Waals surface area contributed by atoms with Crippen molar-refractivity contribution < 1.29 is 36.6 Å². The number of nitriles is 1. The minimum absolute atomic E-state index is 0.206. The number of anilines is 1. The predicted molar refractivity (Wildman–Crippen MR) is 165 cm³/mol. The number of hydrogen-bond acceptors (Lipinski definition) is 5. The number of hydrogen-bond donors (Lipinski definition) is 3. The van der Waals surface area contributed by atoms with E-state index in [9.17, 15) is 27.9 Å². The van der Waals surface area contributed by atoms with Crippen LogP contribution in [-0.2, 0) is 11.2 Å². The molecule has 0 saturated carbocycles. The molecule has 0 saturated heterocycles. The molecule has 1 heterocycles. The van der Waals surface area contributed by atoms with E-state index in [-0.39, 0.29) is 12.0 Å². The third-order valence-electron chi connectivity index (χ3n) is 7.32. The number of benzene rings is 4. The van der Waals surface area contributed by atoms with Gasteiger partial charge in [0.2, 0.25) is 0 Å². The van der Waals surface area contributed by atoms with E-state index in [0.717, 1.165) is 0 Å². The number of halogens is 6. The van der Waals surface area contributed by atoms with Crippen molar-refractivity contribution in [1.82, 2.24) is 10.3 Å². The summed E-state index contributed by atoms with van der Waals surface area (Å²) in [7, 11) is 0. The molecule has 0 aliphatic heterocycles. The van der Waals surface area contributed by atoms with Gasteiger partial charge in [-0.2, -0.15) is 18.4 Å². The van der Waals surface area contributed by atoms with E-state index < -0.39 is 53.0 Å². The summed E-state index contributed by atoms with van der Waals surface area (Å²) in [6.07, 6.45) is -3.63. The van der Waals surface area contributed by atoms with Crippen LogP contribution in [0.3, 0.4) is 0 Å². The number of carboxylic acid groups (broad SMARTS) is 1. The lowest BCUT2D eigenvalue weighted by Crippen LogP contribution is -2.43. The Balaban J connectivity index is 1.41. The Bertz CT molecular complexity index is 2010. The second kappa shape index (κ2) is 13.4. The van der Waals surface area contributed by atoms with E-state index in [0.29, 0.717) is 50.3 Å². The van der Waals surface area contributed by atoms with Crippen LogP contribution in [0.5, 0.6) is 0 Å². The predicted octanol–water partition coefficient (Wildman–Crippen LogP) is 7.85. The molecule has 0 aliphatic rings. The molecule has 5 rings (SSSR count). The lowest BCUT2D eigenvalue weighted by atomic mass is 9.94. The zero-order chi connectivity index (χ0) is 33.9. The molecule has 13 heteroatoms. The van der Waals surface area contributed by atoms with Gasteiger partial charge in [-0.05, 0) is 41.5 Å². The number of nitrogens with one attached hydrogen (secondary N) is 2. The van der Waals surface area contributed by atoms with Gasteiger partial charge >= 0.3 is 12.1 Å². The average molecular weight is 665 g/mol. The van der Waals surface area contributed by atoms with E-state index in [1.165, 1.54) is 42.6 Å². The summed E-state index contributed by atoms with van der Waals surface area (Å²) >= 11 is 6.41. The van der Waals surface area contributed by atoms with Crippen LogP contribution in [0.15, 0.2) is 91.1 Å². The van der Waals surface area contributed by atoms with Crippen molar-refractivity contribution in [2.24, 2.45) is 0 Å². The maximum absolute atomic E-state index is 15.1. The van der Waals surface area contributed by atoms with Crippen molar-refractivity contribution in [1.29, 1.82) is 5.26 Å². The normalized spacial score (nSPS) is 12.6. The molecule has 0 spiro atoms. The molecule has 0 aliphatic carbocycles. The van der Waals surface area contributed by atoms with Crippen LogP contribution in [0.4, 0.5) is 27.6 Å². The first-order valence-electron chi connectivity index (χ1n) is 13.8. The van der Waals surface area contributed by atoms with Gasteiger partial charge in [-0.3, -0.25) is 9.78 Å². The molecule has 47 heavy (non-hydrogen) atoms. The van der Waals surface area contributed by atoms with Gasteiger partial charge in [0, 0.05) is 39.8 Å². The van der Waals surface area contributed by atoms with Gasteiger partial charge in [-0.15, -0.1) is 0 Å². The molecule has 4 aromatic carbocycles. The zero-order valence-electron chi connectivity index (χ0n) is 23.9. The van der Waals surface area contributed by atoms with Gasteiger partial charge < -0.3 is 15.7 Å². The summed E-state index contributed by atoms with van der Waals surface area (Å²) in [6.45, 7) is 0. The van der Waals surface area contributed by atoms with E-state index in [1.807, 2.05) is 6.07 Å². The topological polar surface area (TPSA) is 115 Å². The number of alkyl halides is 3. The summed E-state index contributed by atoms with van der Waals surface area (Å²) in [6, 6.07) is 17.0. The van der Waals surface area contributed by atoms with Crippen molar-refractivity contribution in [2.75, 3.05) is 5.32 Å². The Morgan fingerprint density at radius 2 is 1.62 bits per heavy atom. The molecular weight excluding hydrogens is 643 g/mol. The molecule has 2 atom stereocenters. The van der Waals surface area contributed by atoms with E-state index in [2.05, 4.69) is 15.6 Å². The lowest BCUT2D eigenvalue weighted by molar-refractivity contribution is -0.144. The Kier molecular flexibility index (Phi) is 9.39. The maximum Gasteiger partial charge on any atom is 0.412 e. The van der Waals surface area contributed by atoms with Crippen molar-refractivity contribution in [3.63, 3.8) is 0 Å². The highest BCUT2D eigenvalue weighted by Crippen LogP contribution is 2.37. The minimum atomic E-state index is -4.83. The molecule has 238 valence electrons. The molecule has 1 amide bonds. The van der Waals surface area contributed by atoms with Crippen LogP contribution in [0.1, 0.15) is 33.1 Å².